The molecule has 0 aliphatic heterocycles. The summed E-state index contributed by atoms with van der Waals surface area (Å²) >= 11 is 0. The number of aliphatic hydroxyl groups is 3. The van der Waals surface area contributed by atoms with E-state index in [4.69, 9.17) is 0 Å². The minimum atomic E-state index is -0.945. The Morgan fingerprint density at radius 2 is 1.05 bits per heavy atom. The highest BCUT2D eigenvalue weighted by Crippen LogP contribution is 2.14. The Hall–Kier alpha value is -1.17. The summed E-state index contributed by atoms with van der Waals surface area (Å²) in [6.45, 7) is 4.16. The summed E-state index contributed by atoms with van der Waals surface area (Å²) in [7, 11) is 0. The summed E-state index contributed by atoms with van der Waals surface area (Å²) in [5.41, 5.74) is 0. The molecule has 0 spiro atoms. The molecule has 0 heterocycles. The van der Waals surface area contributed by atoms with E-state index in [9.17, 15) is 20.1 Å². The lowest BCUT2D eigenvalue weighted by Crippen LogP contribution is -2.45. The highest BCUT2D eigenvalue weighted by atomic mass is 16.3. The van der Waals surface area contributed by atoms with Gasteiger partial charge in [0.2, 0.25) is 5.91 Å². The number of carbonyl (C=O) groups is 1. The molecular weight excluding hydrogens is 510 g/mol. The first-order valence-electron chi connectivity index (χ1n) is 17.6. The zero-order valence-corrected chi connectivity index (χ0v) is 27.2. The summed E-state index contributed by atoms with van der Waals surface area (Å²) < 4.78 is 0. The van der Waals surface area contributed by atoms with Crippen LogP contribution in [0, 0.1) is 0 Å². The topological polar surface area (TPSA) is 89.8 Å². The first-order valence-corrected chi connectivity index (χ1v) is 17.6. The first kappa shape index (κ1) is 39.8. The minimum Gasteiger partial charge on any atom is -0.394 e. The van der Waals surface area contributed by atoms with Crippen molar-refractivity contribution in [2.24, 2.45) is 0 Å². The van der Waals surface area contributed by atoms with Crippen LogP contribution in [0.3, 0.4) is 0 Å². The van der Waals surface area contributed by atoms with Gasteiger partial charge in [0.1, 0.15) is 0 Å². The van der Waals surface area contributed by atoms with Crippen LogP contribution >= 0.6 is 0 Å². The lowest BCUT2D eigenvalue weighted by atomic mass is 10.0. The van der Waals surface area contributed by atoms with Crippen LogP contribution in [0.25, 0.3) is 0 Å². The summed E-state index contributed by atoms with van der Waals surface area (Å²) in [5, 5.41) is 32.9. The summed E-state index contributed by atoms with van der Waals surface area (Å²) in [5.74, 6) is -0.327. The van der Waals surface area contributed by atoms with Crippen LogP contribution in [0.15, 0.2) is 24.3 Å². The second-order valence-electron chi connectivity index (χ2n) is 12.1. The van der Waals surface area contributed by atoms with Crippen molar-refractivity contribution in [3.05, 3.63) is 24.3 Å². The average Bonchev–Trinajstić information content (AvgIpc) is 2.96. The van der Waals surface area contributed by atoms with Crippen molar-refractivity contribution in [1.82, 2.24) is 5.32 Å². The molecule has 3 unspecified atom stereocenters. The Kier molecular flexibility index (Phi) is 30.9. The lowest BCUT2D eigenvalue weighted by molar-refractivity contribution is -0.124. The van der Waals surface area contributed by atoms with Crippen molar-refractivity contribution in [3.63, 3.8) is 0 Å². The summed E-state index contributed by atoms with van der Waals surface area (Å²) in [6.07, 6.45) is 35.8. The van der Waals surface area contributed by atoms with E-state index in [0.29, 0.717) is 6.42 Å². The van der Waals surface area contributed by atoms with Crippen molar-refractivity contribution in [2.45, 2.75) is 193 Å². The van der Waals surface area contributed by atoms with Crippen molar-refractivity contribution in [2.75, 3.05) is 6.61 Å². The van der Waals surface area contributed by atoms with Crippen LogP contribution in [0.1, 0.15) is 174 Å². The maximum atomic E-state index is 12.3. The fourth-order valence-electron chi connectivity index (χ4n) is 5.24. The van der Waals surface area contributed by atoms with E-state index < -0.39 is 18.2 Å². The number of hydrogen-bond acceptors (Lipinski definition) is 4. The van der Waals surface area contributed by atoms with Crippen LogP contribution in [0.5, 0.6) is 0 Å². The Bertz CT molecular complexity index is 606. The number of rotatable bonds is 31. The van der Waals surface area contributed by atoms with Crippen LogP contribution < -0.4 is 5.32 Å². The van der Waals surface area contributed by atoms with E-state index in [0.717, 1.165) is 32.1 Å². The number of aliphatic hydroxyl groups excluding tert-OH is 3. The Labute approximate surface area is 254 Å². The predicted octanol–water partition coefficient (Wildman–Crippen LogP) is 9.09. The zero-order valence-electron chi connectivity index (χ0n) is 27.2. The molecule has 242 valence electrons. The molecule has 0 radical (unpaired) electrons. The van der Waals surface area contributed by atoms with Crippen molar-refractivity contribution in [3.8, 4) is 0 Å². The molecule has 1 amide bonds. The molecule has 0 aromatic heterocycles. The van der Waals surface area contributed by atoms with Gasteiger partial charge in [-0.05, 0) is 32.1 Å². The molecule has 4 N–H and O–H groups in total. The van der Waals surface area contributed by atoms with E-state index in [-0.39, 0.29) is 18.9 Å². The van der Waals surface area contributed by atoms with Gasteiger partial charge >= 0.3 is 0 Å². The molecule has 0 aliphatic rings. The zero-order chi connectivity index (χ0) is 30.2. The molecule has 0 rings (SSSR count). The minimum absolute atomic E-state index is 0.00871. The normalized spacial score (nSPS) is 14.2. The number of hydrogen-bond donors (Lipinski definition) is 4. The van der Waals surface area contributed by atoms with E-state index in [2.05, 4.69) is 31.3 Å². The highest BCUT2D eigenvalue weighted by molar-refractivity contribution is 5.76. The molecule has 0 saturated carbocycles. The van der Waals surface area contributed by atoms with Crippen LogP contribution in [-0.4, -0.2) is 46.1 Å². The quantitative estimate of drug-likeness (QED) is 0.0487. The molecule has 41 heavy (non-hydrogen) atoms. The van der Waals surface area contributed by atoms with Crippen LogP contribution in [0.2, 0.25) is 0 Å². The number of unbranched alkanes of at least 4 members (excludes halogenated alkanes) is 20. The SMILES string of the molecule is CCCCCCCC/C=C/CC/C=C/C(O)C(CO)NC(=O)CC(O)CCCCCCCCCCCCCCCC. The lowest BCUT2D eigenvalue weighted by Gasteiger charge is -2.21. The third kappa shape index (κ3) is 28.7. The maximum Gasteiger partial charge on any atom is 0.222 e. The van der Waals surface area contributed by atoms with Gasteiger partial charge in [-0.15, -0.1) is 0 Å². The predicted molar refractivity (Wildman–Crippen MR) is 176 cm³/mol. The maximum absolute atomic E-state index is 12.3. The van der Waals surface area contributed by atoms with Crippen molar-refractivity contribution >= 4 is 5.91 Å². The summed E-state index contributed by atoms with van der Waals surface area (Å²) in [4.78, 5) is 12.3. The number of carbonyl (C=O) groups excluding carboxylic acids is 1. The second-order valence-corrected chi connectivity index (χ2v) is 12.1. The van der Waals surface area contributed by atoms with E-state index in [1.807, 2.05) is 6.08 Å². The van der Waals surface area contributed by atoms with Gasteiger partial charge in [-0.1, -0.05) is 160 Å². The second kappa shape index (κ2) is 31.8. The highest BCUT2D eigenvalue weighted by Gasteiger charge is 2.20. The Morgan fingerprint density at radius 1 is 0.610 bits per heavy atom. The van der Waals surface area contributed by atoms with Gasteiger partial charge in [0.25, 0.3) is 0 Å². The molecule has 0 saturated heterocycles. The monoisotopic (exact) mass is 580 g/mol. The van der Waals surface area contributed by atoms with Gasteiger partial charge < -0.3 is 20.6 Å². The molecule has 5 heteroatoms. The van der Waals surface area contributed by atoms with Crippen LogP contribution in [0.4, 0.5) is 0 Å². The standard InChI is InChI=1S/C36H69NO4/c1-3-5-7-9-11-13-15-17-18-19-21-23-25-27-29-33(39)31-36(41)37-34(32-38)35(40)30-28-26-24-22-20-16-14-12-10-8-6-4-2/h20,22,28,30,33-35,38-40H,3-19,21,23-27,29,31-32H2,1-2H3,(H,37,41)/b22-20+,30-28+. The van der Waals surface area contributed by atoms with Gasteiger partial charge in [0.15, 0.2) is 0 Å². The van der Waals surface area contributed by atoms with Crippen LogP contribution in [-0.2, 0) is 4.79 Å². The Morgan fingerprint density at radius 3 is 1.56 bits per heavy atom. The average molecular weight is 580 g/mol. The van der Waals surface area contributed by atoms with E-state index in [1.54, 1.807) is 6.08 Å². The molecule has 0 aromatic carbocycles. The number of nitrogens with one attached hydrogen (secondary N) is 1. The molecule has 0 aromatic rings. The molecule has 0 aliphatic carbocycles. The number of allylic oxidation sites excluding steroid dienone is 3. The first-order chi connectivity index (χ1) is 20.0. The Balaban J connectivity index is 3.78. The fraction of sp³-hybridized carbons (Fsp3) is 0.861. The molecule has 0 bridgehead atoms. The third-order valence-electron chi connectivity index (χ3n) is 7.99. The number of amides is 1. The van der Waals surface area contributed by atoms with Crippen molar-refractivity contribution in [1.29, 1.82) is 0 Å². The molecular formula is C36H69NO4. The third-order valence-corrected chi connectivity index (χ3v) is 7.99. The van der Waals surface area contributed by atoms with Gasteiger partial charge in [0.05, 0.1) is 31.3 Å². The van der Waals surface area contributed by atoms with Gasteiger partial charge in [0, 0.05) is 0 Å². The fourth-order valence-corrected chi connectivity index (χ4v) is 5.24. The van der Waals surface area contributed by atoms with Gasteiger partial charge in [-0.3, -0.25) is 4.79 Å². The molecule has 3 atom stereocenters. The smallest absolute Gasteiger partial charge is 0.222 e. The van der Waals surface area contributed by atoms with Gasteiger partial charge in [-0.25, -0.2) is 0 Å². The molecule has 5 nitrogen and oxygen atoms in total. The van der Waals surface area contributed by atoms with E-state index >= 15 is 0 Å². The van der Waals surface area contributed by atoms with E-state index in [1.165, 1.54) is 116 Å². The van der Waals surface area contributed by atoms with Gasteiger partial charge in [-0.2, -0.15) is 0 Å². The molecule has 0 fully saturated rings. The largest absolute Gasteiger partial charge is 0.394 e. The van der Waals surface area contributed by atoms with Crippen molar-refractivity contribution < 1.29 is 20.1 Å². The summed E-state index contributed by atoms with van der Waals surface area (Å²) in [6, 6.07) is -0.754.